The SMILES string of the molecule is CC(COc1ncc(C(F)(F)F)cc1Br)O[Si](C)(C)C(C)(C)C. The van der Waals surface area contributed by atoms with E-state index in [-0.39, 0.29) is 28.1 Å². The predicted molar refractivity (Wildman–Crippen MR) is 90.2 cm³/mol. The first-order valence-corrected chi connectivity index (χ1v) is 11.0. The highest BCUT2D eigenvalue weighted by molar-refractivity contribution is 9.10. The minimum atomic E-state index is -4.42. The molecule has 0 spiro atoms. The number of halogens is 4. The molecule has 0 radical (unpaired) electrons. The maximum absolute atomic E-state index is 12.6. The lowest BCUT2D eigenvalue weighted by atomic mass is 10.2. The quantitative estimate of drug-likeness (QED) is 0.584. The first kappa shape index (κ1) is 20.4. The normalized spacial score (nSPS) is 14.7. The molecule has 0 N–H and O–H groups in total. The summed E-state index contributed by atoms with van der Waals surface area (Å²) in [5.41, 5.74) is -0.817. The van der Waals surface area contributed by atoms with Gasteiger partial charge in [0.05, 0.1) is 16.1 Å². The average molecular weight is 414 g/mol. The van der Waals surface area contributed by atoms with Crippen molar-refractivity contribution in [1.29, 1.82) is 0 Å². The number of rotatable bonds is 5. The molecule has 1 rings (SSSR count). The minimum absolute atomic E-state index is 0.0778. The zero-order valence-electron chi connectivity index (χ0n) is 14.2. The topological polar surface area (TPSA) is 31.4 Å². The van der Waals surface area contributed by atoms with Crippen molar-refractivity contribution in [2.45, 2.75) is 58.1 Å². The summed E-state index contributed by atoms with van der Waals surface area (Å²) in [4.78, 5) is 3.73. The summed E-state index contributed by atoms with van der Waals surface area (Å²) < 4.78 is 49.6. The van der Waals surface area contributed by atoms with Gasteiger partial charge in [-0.1, -0.05) is 20.8 Å². The highest BCUT2D eigenvalue weighted by Gasteiger charge is 2.38. The Morgan fingerprint density at radius 1 is 1.26 bits per heavy atom. The molecule has 0 aromatic carbocycles. The van der Waals surface area contributed by atoms with Crippen LogP contribution in [0.4, 0.5) is 13.2 Å². The lowest BCUT2D eigenvalue weighted by Gasteiger charge is -2.38. The fraction of sp³-hybridized carbons (Fsp3) is 0.667. The van der Waals surface area contributed by atoms with Crippen LogP contribution in [0.25, 0.3) is 0 Å². The van der Waals surface area contributed by atoms with Crippen LogP contribution in [-0.4, -0.2) is 26.0 Å². The third-order valence-corrected chi connectivity index (χ3v) is 9.06. The van der Waals surface area contributed by atoms with Gasteiger partial charge in [-0.15, -0.1) is 0 Å². The number of alkyl halides is 3. The van der Waals surface area contributed by atoms with Crippen molar-refractivity contribution >= 4 is 24.2 Å². The number of nitrogens with zero attached hydrogens (tertiary/aromatic N) is 1. The van der Waals surface area contributed by atoms with E-state index >= 15 is 0 Å². The molecule has 23 heavy (non-hydrogen) atoms. The monoisotopic (exact) mass is 413 g/mol. The van der Waals surface area contributed by atoms with Crippen molar-refractivity contribution in [3.05, 3.63) is 22.3 Å². The molecular weight excluding hydrogens is 391 g/mol. The van der Waals surface area contributed by atoms with Crippen LogP contribution in [0, 0.1) is 0 Å². The Labute approximate surface area is 144 Å². The highest BCUT2D eigenvalue weighted by atomic mass is 79.9. The average Bonchev–Trinajstić information content (AvgIpc) is 2.34. The van der Waals surface area contributed by atoms with Crippen LogP contribution in [0.2, 0.25) is 18.1 Å². The van der Waals surface area contributed by atoms with Crippen LogP contribution in [0.1, 0.15) is 33.3 Å². The zero-order valence-corrected chi connectivity index (χ0v) is 16.8. The van der Waals surface area contributed by atoms with Crippen molar-refractivity contribution in [2.75, 3.05) is 6.61 Å². The van der Waals surface area contributed by atoms with Gasteiger partial charge in [0.2, 0.25) is 5.88 Å². The molecule has 0 saturated carbocycles. The largest absolute Gasteiger partial charge is 0.474 e. The lowest BCUT2D eigenvalue weighted by Crippen LogP contribution is -2.44. The van der Waals surface area contributed by atoms with E-state index in [0.717, 1.165) is 12.3 Å². The van der Waals surface area contributed by atoms with Crippen LogP contribution in [0.5, 0.6) is 5.88 Å². The fourth-order valence-electron chi connectivity index (χ4n) is 1.60. The molecule has 0 bridgehead atoms. The van der Waals surface area contributed by atoms with E-state index in [0.29, 0.717) is 0 Å². The Hall–Kier alpha value is -0.603. The summed E-state index contributed by atoms with van der Waals surface area (Å²) in [5, 5.41) is 0.0778. The van der Waals surface area contributed by atoms with Crippen LogP contribution in [0.15, 0.2) is 16.7 Å². The van der Waals surface area contributed by atoms with E-state index in [1.165, 1.54) is 0 Å². The molecule has 0 saturated heterocycles. The number of ether oxygens (including phenoxy) is 1. The van der Waals surface area contributed by atoms with Gasteiger partial charge < -0.3 is 9.16 Å². The Morgan fingerprint density at radius 3 is 2.26 bits per heavy atom. The second-order valence-electron chi connectivity index (χ2n) is 7.01. The first-order chi connectivity index (χ1) is 10.2. The summed E-state index contributed by atoms with van der Waals surface area (Å²) in [6.45, 7) is 12.8. The van der Waals surface area contributed by atoms with Gasteiger partial charge in [0.25, 0.3) is 0 Å². The number of aromatic nitrogens is 1. The van der Waals surface area contributed by atoms with Gasteiger partial charge >= 0.3 is 6.18 Å². The molecule has 1 atom stereocenters. The zero-order chi connectivity index (χ0) is 18.1. The molecule has 0 aliphatic heterocycles. The first-order valence-electron chi connectivity index (χ1n) is 7.27. The van der Waals surface area contributed by atoms with Gasteiger partial charge in [-0.3, -0.25) is 0 Å². The van der Waals surface area contributed by atoms with Crippen LogP contribution >= 0.6 is 15.9 Å². The Morgan fingerprint density at radius 2 is 1.83 bits per heavy atom. The molecule has 0 aliphatic carbocycles. The summed E-state index contributed by atoms with van der Waals surface area (Å²) >= 11 is 3.06. The van der Waals surface area contributed by atoms with Crippen molar-refractivity contribution in [2.24, 2.45) is 0 Å². The number of hydrogen-bond acceptors (Lipinski definition) is 3. The Balaban J connectivity index is 2.69. The molecular formula is C15H23BrF3NO2Si. The fourth-order valence-corrected chi connectivity index (χ4v) is 3.49. The maximum atomic E-state index is 12.6. The third kappa shape index (κ3) is 5.76. The van der Waals surface area contributed by atoms with Gasteiger partial charge in [-0.05, 0) is 47.1 Å². The molecule has 3 nitrogen and oxygen atoms in total. The highest BCUT2D eigenvalue weighted by Crippen LogP contribution is 2.37. The summed E-state index contributed by atoms with van der Waals surface area (Å²) in [5.74, 6) is 0.128. The molecule has 0 amide bonds. The second-order valence-corrected chi connectivity index (χ2v) is 12.6. The maximum Gasteiger partial charge on any atom is 0.417 e. The molecule has 1 aromatic rings. The molecule has 8 heteroatoms. The molecule has 132 valence electrons. The summed E-state index contributed by atoms with van der Waals surface area (Å²) in [6, 6.07) is 0.960. The van der Waals surface area contributed by atoms with Gasteiger partial charge in [0.15, 0.2) is 8.32 Å². The van der Waals surface area contributed by atoms with Crippen molar-refractivity contribution in [3.8, 4) is 5.88 Å². The van der Waals surface area contributed by atoms with E-state index < -0.39 is 20.1 Å². The number of hydrogen-bond donors (Lipinski definition) is 0. The lowest BCUT2D eigenvalue weighted by molar-refractivity contribution is -0.137. The molecule has 1 heterocycles. The number of pyridine rings is 1. The Kier molecular flexibility index (Phi) is 6.31. The smallest absolute Gasteiger partial charge is 0.417 e. The van der Waals surface area contributed by atoms with E-state index in [2.05, 4.69) is 54.8 Å². The molecule has 0 fully saturated rings. The van der Waals surface area contributed by atoms with Crippen molar-refractivity contribution in [1.82, 2.24) is 4.98 Å². The molecule has 1 aromatic heterocycles. The predicted octanol–water partition coefficient (Wildman–Crippen LogP) is 5.65. The summed E-state index contributed by atoms with van der Waals surface area (Å²) in [7, 11) is -1.91. The van der Waals surface area contributed by atoms with E-state index in [9.17, 15) is 13.2 Å². The third-order valence-electron chi connectivity index (χ3n) is 3.89. The summed E-state index contributed by atoms with van der Waals surface area (Å²) in [6.07, 6.45) is -3.83. The molecule has 1 unspecified atom stereocenters. The van der Waals surface area contributed by atoms with Crippen LogP contribution in [0.3, 0.4) is 0 Å². The van der Waals surface area contributed by atoms with Gasteiger partial charge in [-0.25, -0.2) is 4.98 Å². The Bertz CT molecular complexity index is 545. The van der Waals surface area contributed by atoms with Crippen LogP contribution < -0.4 is 4.74 Å². The van der Waals surface area contributed by atoms with Crippen molar-refractivity contribution in [3.63, 3.8) is 0 Å². The minimum Gasteiger partial charge on any atom is -0.474 e. The second kappa shape index (κ2) is 7.10. The van der Waals surface area contributed by atoms with E-state index in [1.54, 1.807) is 0 Å². The van der Waals surface area contributed by atoms with Gasteiger partial charge in [-0.2, -0.15) is 13.2 Å². The van der Waals surface area contributed by atoms with E-state index in [1.807, 2.05) is 6.92 Å². The van der Waals surface area contributed by atoms with E-state index in [4.69, 9.17) is 9.16 Å². The molecule has 0 aliphatic rings. The van der Waals surface area contributed by atoms with Crippen molar-refractivity contribution < 1.29 is 22.3 Å². The standard InChI is InChI=1S/C15H23BrF3NO2Si/c1-10(22-23(5,6)14(2,3)4)9-21-13-12(16)7-11(8-20-13)15(17,18)19/h7-8,10H,9H2,1-6H3. The van der Waals surface area contributed by atoms with Crippen LogP contribution in [-0.2, 0) is 10.6 Å². The van der Waals surface area contributed by atoms with Gasteiger partial charge in [0.1, 0.15) is 6.61 Å². The van der Waals surface area contributed by atoms with Gasteiger partial charge in [0, 0.05) is 6.20 Å².